The Morgan fingerprint density at radius 1 is 0.929 bits per heavy atom. The smallest absolute Gasteiger partial charge is 0.191 e. The van der Waals surface area contributed by atoms with E-state index in [-0.39, 0.29) is 24.0 Å². The van der Waals surface area contributed by atoms with Gasteiger partial charge < -0.3 is 15.5 Å². The third-order valence-corrected chi connectivity index (χ3v) is 6.60. The molecule has 0 spiro atoms. The van der Waals surface area contributed by atoms with Gasteiger partial charge in [-0.1, -0.05) is 25.7 Å². The molecule has 1 unspecified atom stereocenters. The van der Waals surface area contributed by atoms with Crippen LogP contribution in [0.5, 0.6) is 0 Å². The summed E-state index contributed by atoms with van der Waals surface area (Å²) in [5.41, 5.74) is 0. The molecule has 164 valence electrons. The number of rotatable bonds is 9. The third kappa shape index (κ3) is 8.34. The van der Waals surface area contributed by atoms with E-state index in [1.165, 1.54) is 103 Å². The van der Waals surface area contributed by atoms with E-state index in [1.54, 1.807) is 0 Å². The molecule has 0 amide bonds. The van der Waals surface area contributed by atoms with Crippen LogP contribution < -0.4 is 10.6 Å². The molecule has 2 N–H and O–H groups in total. The van der Waals surface area contributed by atoms with Crippen molar-refractivity contribution in [3.05, 3.63) is 0 Å². The van der Waals surface area contributed by atoms with Crippen LogP contribution in [0.4, 0.5) is 0 Å². The van der Waals surface area contributed by atoms with Gasteiger partial charge in [0.05, 0.1) is 0 Å². The maximum atomic E-state index is 4.85. The van der Waals surface area contributed by atoms with Gasteiger partial charge in [0.25, 0.3) is 0 Å². The van der Waals surface area contributed by atoms with E-state index in [0.29, 0.717) is 6.04 Å². The minimum Gasteiger partial charge on any atom is -0.357 e. The zero-order valence-corrected chi connectivity index (χ0v) is 20.5. The van der Waals surface area contributed by atoms with Crippen LogP contribution in [-0.2, 0) is 0 Å². The van der Waals surface area contributed by atoms with Crippen molar-refractivity contribution in [3.63, 3.8) is 0 Å². The standard InChI is InChI=1S/C22H43N5.HI/c1-2-23-22(24-14-7-3-8-15-26-16-9-4-10-17-26)25-20-13-18-27(19-20)21-11-5-6-12-21;/h20-21H,2-19H2,1H3,(H2,23,24,25);1H. The predicted octanol–water partition coefficient (Wildman–Crippen LogP) is 3.83. The molecule has 2 aliphatic heterocycles. The Hall–Kier alpha value is -0.0800. The number of hydrogen-bond acceptors (Lipinski definition) is 3. The Morgan fingerprint density at radius 3 is 2.46 bits per heavy atom. The molecule has 3 aliphatic rings. The Morgan fingerprint density at radius 2 is 1.71 bits per heavy atom. The van der Waals surface area contributed by atoms with Gasteiger partial charge in [-0.05, 0) is 71.5 Å². The maximum Gasteiger partial charge on any atom is 0.191 e. The molecule has 1 saturated carbocycles. The van der Waals surface area contributed by atoms with Gasteiger partial charge in [-0.3, -0.25) is 9.89 Å². The van der Waals surface area contributed by atoms with Crippen LogP contribution in [0.25, 0.3) is 0 Å². The zero-order valence-electron chi connectivity index (χ0n) is 18.1. The minimum atomic E-state index is 0. The number of piperidine rings is 1. The van der Waals surface area contributed by atoms with E-state index >= 15 is 0 Å². The third-order valence-electron chi connectivity index (χ3n) is 6.60. The molecule has 0 bridgehead atoms. The fourth-order valence-corrected chi connectivity index (χ4v) is 5.02. The summed E-state index contributed by atoms with van der Waals surface area (Å²) in [4.78, 5) is 10.2. The van der Waals surface area contributed by atoms with Gasteiger partial charge in [0.1, 0.15) is 0 Å². The quantitative estimate of drug-likeness (QED) is 0.216. The normalized spacial score (nSPS) is 25.0. The van der Waals surface area contributed by atoms with Crippen molar-refractivity contribution in [1.82, 2.24) is 20.4 Å². The maximum absolute atomic E-state index is 4.85. The summed E-state index contributed by atoms with van der Waals surface area (Å²) in [6, 6.07) is 1.43. The van der Waals surface area contributed by atoms with Gasteiger partial charge in [-0.25, -0.2) is 0 Å². The first kappa shape index (κ1) is 24.2. The van der Waals surface area contributed by atoms with Crippen LogP contribution in [0.3, 0.4) is 0 Å². The molecule has 0 aromatic rings. The monoisotopic (exact) mass is 505 g/mol. The molecule has 5 nitrogen and oxygen atoms in total. The first-order chi connectivity index (χ1) is 13.3. The van der Waals surface area contributed by atoms with Gasteiger partial charge in [-0.2, -0.15) is 0 Å². The molecule has 6 heteroatoms. The molecule has 0 aromatic carbocycles. The summed E-state index contributed by atoms with van der Waals surface area (Å²) in [5, 5.41) is 7.15. The number of hydrogen-bond donors (Lipinski definition) is 2. The Kier molecular flexibility index (Phi) is 12.1. The van der Waals surface area contributed by atoms with Gasteiger partial charge in [0.2, 0.25) is 0 Å². The highest BCUT2D eigenvalue weighted by Crippen LogP contribution is 2.26. The summed E-state index contributed by atoms with van der Waals surface area (Å²) in [6.45, 7) is 10.5. The Bertz CT molecular complexity index is 433. The van der Waals surface area contributed by atoms with Gasteiger partial charge >= 0.3 is 0 Å². The predicted molar refractivity (Wildman–Crippen MR) is 131 cm³/mol. The topological polar surface area (TPSA) is 42.9 Å². The highest BCUT2D eigenvalue weighted by molar-refractivity contribution is 14.0. The lowest BCUT2D eigenvalue weighted by Gasteiger charge is -2.26. The first-order valence-corrected chi connectivity index (χ1v) is 11.9. The van der Waals surface area contributed by atoms with Crippen molar-refractivity contribution in [2.45, 2.75) is 89.6 Å². The lowest BCUT2D eigenvalue weighted by molar-refractivity contribution is 0.224. The second kappa shape index (κ2) is 14.0. The average molecular weight is 506 g/mol. The molecule has 2 heterocycles. The molecule has 0 radical (unpaired) electrons. The van der Waals surface area contributed by atoms with Crippen molar-refractivity contribution in [2.75, 3.05) is 45.8 Å². The van der Waals surface area contributed by atoms with Gasteiger partial charge in [0, 0.05) is 38.3 Å². The van der Waals surface area contributed by atoms with E-state index in [1.807, 2.05) is 0 Å². The number of likely N-dealkylation sites (tertiary alicyclic amines) is 2. The summed E-state index contributed by atoms with van der Waals surface area (Å²) in [7, 11) is 0. The second-order valence-corrected chi connectivity index (χ2v) is 8.79. The fraction of sp³-hybridized carbons (Fsp3) is 0.955. The van der Waals surface area contributed by atoms with Crippen LogP contribution in [-0.4, -0.2) is 73.7 Å². The molecule has 3 rings (SSSR count). The molecule has 28 heavy (non-hydrogen) atoms. The van der Waals surface area contributed by atoms with Crippen LogP contribution in [0.2, 0.25) is 0 Å². The van der Waals surface area contributed by atoms with E-state index < -0.39 is 0 Å². The largest absolute Gasteiger partial charge is 0.357 e. The Balaban J connectivity index is 0.00000280. The molecule has 3 fully saturated rings. The van der Waals surface area contributed by atoms with E-state index in [4.69, 9.17) is 4.99 Å². The van der Waals surface area contributed by atoms with Crippen molar-refractivity contribution in [3.8, 4) is 0 Å². The second-order valence-electron chi connectivity index (χ2n) is 8.79. The minimum absolute atomic E-state index is 0. The molecule has 0 aromatic heterocycles. The van der Waals surface area contributed by atoms with Crippen molar-refractivity contribution < 1.29 is 0 Å². The summed E-state index contributed by atoms with van der Waals surface area (Å²) in [5.74, 6) is 1.03. The first-order valence-electron chi connectivity index (χ1n) is 11.9. The van der Waals surface area contributed by atoms with Crippen molar-refractivity contribution in [2.24, 2.45) is 4.99 Å². The molecule has 2 saturated heterocycles. The Labute approximate surface area is 190 Å². The number of aliphatic imine (C=N–C) groups is 1. The lowest BCUT2D eigenvalue weighted by atomic mass is 10.1. The van der Waals surface area contributed by atoms with Gasteiger partial charge in [-0.15, -0.1) is 24.0 Å². The summed E-state index contributed by atoms with van der Waals surface area (Å²) in [6.07, 6.45) is 15.0. The van der Waals surface area contributed by atoms with Crippen LogP contribution in [0.1, 0.15) is 77.6 Å². The number of unbranched alkanes of at least 4 members (excludes halogenated alkanes) is 2. The van der Waals surface area contributed by atoms with Crippen molar-refractivity contribution >= 4 is 29.9 Å². The van der Waals surface area contributed by atoms with Crippen molar-refractivity contribution in [1.29, 1.82) is 0 Å². The van der Waals surface area contributed by atoms with Crippen LogP contribution in [0, 0.1) is 0 Å². The van der Waals surface area contributed by atoms with E-state index in [2.05, 4.69) is 27.4 Å². The van der Waals surface area contributed by atoms with Crippen LogP contribution in [0.15, 0.2) is 4.99 Å². The average Bonchev–Trinajstić information content (AvgIpc) is 3.37. The van der Waals surface area contributed by atoms with E-state index in [0.717, 1.165) is 25.1 Å². The zero-order chi connectivity index (χ0) is 18.7. The lowest BCUT2D eigenvalue weighted by Crippen LogP contribution is -2.45. The molecule has 1 atom stereocenters. The highest BCUT2D eigenvalue weighted by Gasteiger charge is 2.30. The van der Waals surface area contributed by atoms with Crippen LogP contribution >= 0.6 is 24.0 Å². The van der Waals surface area contributed by atoms with E-state index in [9.17, 15) is 0 Å². The number of guanidine groups is 1. The van der Waals surface area contributed by atoms with Gasteiger partial charge in [0.15, 0.2) is 5.96 Å². The number of halogens is 1. The SMILES string of the molecule is CCNC(=NCCCCCN1CCCCC1)NC1CCN(C2CCCC2)C1.I. The summed E-state index contributed by atoms with van der Waals surface area (Å²) < 4.78 is 0. The fourth-order valence-electron chi connectivity index (χ4n) is 5.02. The molecular weight excluding hydrogens is 461 g/mol. The molecular formula is C22H44IN5. The number of nitrogens with zero attached hydrogens (tertiary/aromatic N) is 3. The number of nitrogens with one attached hydrogen (secondary N) is 2. The molecule has 1 aliphatic carbocycles. The summed E-state index contributed by atoms with van der Waals surface area (Å²) >= 11 is 0. The highest BCUT2D eigenvalue weighted by atomic mass is 127.